The van der Waals surface area contributed by atoms with E-state index in [1.165, 1.54) is 25.7 Å². The molecule has 0 aliphatic heterocycles. The Balaban J connectivity index is -0.000000198. The van der Waals surface area contributed by atoms with Gasteiger partial charge in [0.15, 0.2) is 5.96 Å². The van der Waals surface area contributed by atoms with Crippen molar-refractivity contribution in [2.75, 3.05) is 6.54 Å². The SMILES string of the molecule is CC(C)[C@H](N)C(=O)O.CCC(=O)O.CCCCCCCCC(=O)O.NC(N)=NCCCC(N)C(=O)O. The van der Waals surface area contributed by atoms with Gasteiger partial charge in [0, 0.05) is 19.4 Å². The Labute approximate surface area is 214 Å². The third kappa shape index (κ3) is 41.3. The molecule has 0 aromatic carbocycles. The third-order valence-corrected chi connectivity index (χ3v) is 4.33. The van der Waals surface area contributed by atoms with Gasteiger partial charge in [-0.3, -0.25) is 24.2 Å². The van der Waals surface area contributed by atoms with E-state index in [2.05, 4.69) is 11.9 Å². The first kappa shape index (κ1) is 40.2. The lowest BCUT2D eigenvalue weighted by atomic mass is 10.1. The molecule has 0 amide bonds. The predicted octanol–water partition coefficient (Wildman–Crippen LogP) is 1.81. The number of guanidine groups is 1. The van der Waals surface area contributed by atoms with Crippen LogP contribution in [-0.4, -0.2) is 68.9 Å². The van der Waals surface area contributed by atoms with Gasteiger partial charge in [0.25, 0.3) is 0 Å². The lowest BCUT2D eigenvalue weighted by Gasteiger charge is -2.07. The van der Waals surface area contributed by atoms with Crippen molar-refractivity contribution in [2.45, 2.75) is 104 Å². The van der Waals surface area contributed by atoms with E-state index in [1.54, 1.807) is 20.8 Å². The van der Waals surface area contributed by atoms with Crippen LogP contribution >= 0.6 is 0 Å². The molecule has 0 aromatic rings. The molecule has 2 atom stereocenters. The van der Waals surface area contributed by atoms with Gasteiger partial charge in [0.2, 0.25) is 0 Å². The number of aliphatic imine (C=N–C) groups is 1. The minimum absolute atomic E-state index is 0.0129. The van der Waals surface area contributed by atoms with Crippen LogP contribution < -0.4 is 22.9 Å². The first-order valence-electron chi connectivity index (χ1n) is 12.1. The molecular formula is C23H49N5O8. The molecule has 13 nitrogen and oxygen atoms in total. The van der Waals surface area contributed by atoms with E-state index in [1.807, 2.05) is 0 Å². The van der Waals surface area contributed by atoms with Crippen LogP contribution in [-0.2, 0) is 19.2 Å². The highest BCUT2D eigenvalue weighted by molar-refractivity contribution is 5.75. The average Bonchev–Trinajstić information content (AvgIpc) is 2.79. The molecule has 0 aliphatic rings. The van der Waals surface area contributed by atoms with Gasteiger partial charge in [-0.25, -0.2) is 0 Å². The van der Waals surface area contributed by atoms with Crippen molar-refractivity contribution in [2.24, 2.45) is 33.8 Å². The second-order valence-corrected chi connectivity index (χ2v) is 8.16. The zero-order valence-electron chi connectivity index (χ0n) is 22.2. The highest BCUT2D eigenvalue weighted by atomic mass is 16.4. The Morgan fingerprint density at radius 2 is 1.22 bits per heavy atom. The van der Waals surface area contributed by atoms with Gasteiger partial charge in [0.05, 0.1) is 0 Å². The summed E-state index contributed by atoms with van der Waals surface area (Å²) in [5.41, 5.74) is 20.5. The van der Waals surface area contributed by atoms with Crippen LogP contribution in [0.1, 0.15) is 91.9 Å². The smallest absolute Gasteiger partial charge is 0.320 e. The molecule has 12 N–H and O–H groups in total. The van der Waals surface area contributed by atoms with E-state index in [0.29, 0.717) is 25.8 Å². The molecule has 1 unspecified atom stereocenters. The zero-order valence-corrected chi connectivity index (χ0v) is 22.2. The van der Waals surface area contributed by atoms with Crippen LogP contribution in [0.4, 0.5) is 0 Å². The zero-order chi connectivity index (χ0) is 29.1. The Hall–Kier alpha value is -2.93. The molecule has 0 saturated carbocycles. The van der Waals surface area contributed by atoms with Crippen LogP contribution in [0.2, 0.25) is 0 Å². The van der Waals surface area contributed by atoms with E-state index in [4.69, 9.17) is 43.4 Å². The van der Waals surface area contributed by atoms with Crippen molar-refractivity contribution < 1.29 is 39.6 Å². The summed E-state index contributed by atoms with van der Waals surface area (Å²) >= 11 is 0. The summed E-state index contributed by atoms with van der Waals surface area (Å²) in [5.74, 6) is -3.31. The Morgan fingerprint density at radius 1 is 0.750 bits per heavy atom. The number of hydrogen-bond donors (Lipinski definition) is 8. The molecule has 0 heterocycles. The highest BCUT2D eigenvalue weighted by Gasteiger charge is 2.14. The number of nitrogens with two attached hydrogens (primary N) is 4. The van der Waals surface area contributed by atoms with E-state index in [0.717, 1.165) is 12.8 Å². The Kier molecular flexibility index (Phi) is 31.6. The summed E-state index contributed by atoms with van der Waals surface area (Å²) < 4.78 is 0. The highest BCUT2D eigenvalue weighted by Crippen LogP contribution is 2.06. The van der Waals surface area contributed by atoms with Gasteiger partial charge in [-0.15, -0.1) is 0 Å². The maximum Gasteiger partial charge on any atom is 0.320 e. The standard InChI is InChI=1S/C9H18O2.C6H14N4O2.C5H11NO2.C3H6O2/c1-2-3-4-5-6-7-8-9(10)11;7-4(5(11)12)2-1-3-10-6(8)9;1-3(2)4(6)5(7)8;1-2-3(4)5/h2-8H2,1H3,(H,10,11);4H,1-3,7H2,(H,11,12)(H4,8,9,10);3-4H,6H2,1-2H3,(H,7,8);2H2,1H3,(H,4,5)/t;;4-;/m..0./s1. The maximum atomic E-state index is 10.2. The van der Waals surface area contributed by atoms with Crippen LogP contribution in [0.3, 0.4) is 0 Å². The largest absolute Gasteiger partial charge is 0.481 e. The van der Waals surface area contributed by atoms with E-state index < -0.39 is 36.0 Å². The van der Waals surface area contributed by atoms with Gasteiger partial charge in [-0.1, -0.05) is 59.8 Å². The Morgan fingerprint density at radius 3 is 1.53 bits per heavy atom. The number of unbranched alkanes of at least 4 members (excludes halogenated alkanes) is 5. The minimum atomic E-state index is -1.00. The van der Waals surface area contributed by atoms with Crippen molar-refractivity contribution in [1.82, 2.24) is 0 Å². The fourth-order valence-corrected chi connectivity index (χ4v) is 1.98. The summed E-state index contributed by atoms with van der Waals surface area (Å²) in [7, 11) is 0. The number of carboxylic acids is 4. The first-order chi connectivity index (χ1) is 16.6. The maximum absolute atomic E-state index is 10.2. The van der Waals surface area contributed by atoms with E-state index in [-0.39, 0.29) is 18.3 Å². The van der Waals surface area contributed by atoms with Gasteiger partial charge < -0.3 is 43.4 Å². The molecule has 0 saturated heterocycles. The number of rotatable bonds is 15. The summed E-state index contributed by atoms with van der Waals surface area (Å²) in [6.07, 6.45) is 8.43. The van der Waals surface area contributed by atoms with Crippen LogP contribution in [0.5, 0.6) is 0 Å². The van der Waals surface area contributed by atoms with Gasteiger partial charge >= 0.3 is 23.9 Å². The molecule has 0 rings (SSSR count). The molecule has 13 heteroatoms. The second-order valence-electron chi connectivity index (χ2n) is 8.16. The molecular weight excluding hydrogens is 474 g/mol. The normalized spacial score (nSPS) is 11.2. The summed E-state index contributed by atoms with van der Waals surface area (Å²) in [5, 5.41) is 32.6. The lowest BCUT2D eigenvalue weighted by Crippen LogP contribution is -2.34. The second kappa shape index (κ2) is 28.3. The summed E-state index contributed by atoms with van der Waals surface area (Å²) in [4.78, 5) is 43.4. The predicted molar refractivity (Wildman–Crippen MR) is 140 cm³/mol. The number of nitrogens with zero attached hydrogens (tertiary/aromatic N) is 1. The van der Waals surface area contributed by atoms with Crippen molar-refractivity contribution in [3.8, 4) is 0 Å². The molecule has 0 spiro atoms. The van der Waals surface area contributed by atoms with Crippen LogP contribution in [0.25, 0.3) is 0 Å². The lowest BCUT2D eigenvalue weighted by molar-refractivity contribution is -0.140. The van der Waals surface area contributed by atoms with Gasteiger partial charge in [0.1, 0.15) is 12.1 Å². The third-order valence-electron chi connectivity index (χ3n) is 4.33. The van der Waals surface area contributed by atoms with Crippen molar-refractivity contribution in [1.29, 1.82) is 0 Å². The fraction of sp³-hybridized carbons (Fsp3) is 0.783. The van der Waals surface area contributed by atoms with E-state index >= 15 is 0 Å². The summed E-state index contributed by atoms with van der Waals surface area (Å²) in [6.45, 7) is 7.75. The molecule has 0 bridgehead atoms. The summed E-state index contributed by atoms with van der Waals surface area (Å²) in [6, 6.07) is -1.53. The van der Waals surface area contributed by atoms with Crippen molar-refractivity contribution in [3.05, 3.63) is 0 Å². The number of carbonyl (C=O) groups is 4. The molecule has 0 aromatic heterocycles. The van der Waals surface area contributed by atoms with Crippen molar-refractivity contribution >= 4 is 29.8 Å². The minimum Gasteiger partial charge on any atom is -0.481 e. The first-order valence-corrected chi connectivity index (χ1v) is 12.1. The van der Waals surface area contributed by atoms with Crippen LogP contribution in [0, 0.1) is 5.92 Å². The molecule has 214 valence electrons. The number of hydrogen-bond acceptors (Lipinski definition) is 7. The molecule has 0 aliphatic carbocycles. The molecule has 0 fully saturated rings. The van der Waals surface area contributed by atoms with Gasteiger partial charge in [-0.2, -0.15) is 0 Å². The average molecular weight is 524 g/mol. The number of carboxylic acid groups (broad SMARTS) is 4. The monoisotopic (exact) mass is 523 g/mol. The topological polar surface area (TPSA) is 266 Å². The van der Waals surface area contributed by atoms with Gasteiger partial charge in [-0.05, 0) is 25.2 Å². The molecule has 36 heavy (non-hydrogen) atoms. The van der Waals surface area contributed by atoms with E-state index in [9.17, 15) is 19.2 Å². The quantitative estimate of drug-likeness (QED) is 0.0867. The number of aliphatic carboxylic acids is 4. The Bertz CT molecular complexity index is 611. The molecule has 0 radical (unpaired) electrons. The van der Waals surface area contributed by atoms with Crippen molar-refractivity contribution in [3.63, 3.8) is 0 Å². The van der Waals surface area contributed by atoms with Crippen LogP contribution in [0.15, 0.2) is 4.99 Å². The fourth-order valence-electron chi connectivity index (χ4n) is 1.98.